The summed E-state index contributed by atoms with van der Waals surface area (Å²) in [5, 5.41) is 2.80. The van der Waals surface area contributed by atoms with Crippen molar-refractivity contribution in [2.45, 2.75) is 18.7 Å². The maximum Gasteiger partial charge on any atom is 0.255 e. The van der Waals surface area contributed by atoms with Gasteiger partial charge in [0.05, 0.1) is 10.6 Å². The van der Waals surface area contributed by atoms with Crippen molar-refractivity contribution in [3.05, 3.63) is 46.4 Å². The molecule has 1 N–H and O–H groups in total. The van der Waals surface area contributed by atoms with Crippen LogP contribution in [0.1, 0.15) is 24.2 Å². The summed E-state index contributed by atoms with van der Waals surface area (Å²) in [6, 6.07) is 9.32. The molecule has 28 heavy (non-hydrogen) atoms. The molecule has 150 valence electrons. The van der Waals surface area contributed by atoms with Crippen LogP contribution in [0.2, 0.25) is 0 Å². The molecule has 0 saturated heterocycles. The topological polar surface area (TPSA) is 84.9 Å². The summed E-state index contributed by atoms with van der Waals surface area (Å²) < 4.78 is 38.1. The Hall–Kier alpha value is -2.10. The minimum Gasteiger partial charge on any atom is -0.486 e. The quantitative estimate of drug-likeness (QED) is 0.700. The molecule has 2 aromatic rings. The Morgan fingerprint density at radius 3 is 2.21 bits per heavy atom. The minimum atomic E-state index is -3.56. The smallest absolute Gasteiger partial charge is 0.255 e. The van der Waals surface area contributed by atoms with E-state index in [1.54, 1.807) is 26.0 Å². The van der Waals surface area contributed by atoms with Gasteiger partial charge in [0.2, 0.25) is 10.0 Å². The molecule has 7 nitrogen and oxygen atoms in total. The number of carbonyl (C=O) groups excluding carboxylic acids is 1. The molecule has 0 bridgehead atoms. The van der Waals surface area contributed by atoms with E-state index < -0.39 is 10.0 Å². The maximum atomic E-state index is 12.6. The molecule has 0 atom stereocenters. The highest BCUT2D eigenvalue weighted by Gasteiger charge is 2.22. The molecule has 1 aliphatic rings. The number of anilines is 1. The van der Waals surface area contributed by atoms with Gasteiger partial charge in [-0.25, -0.2) is 8.42 Å². The van der Waals surface area contributed by atoms with Gasteiger partial charge < -0.3 is 14.8 Å². The molecule has 0 saturated carbocycles. The summed E-state index contributed by atoms with van der Waals surface area (Å²) >= 11 is 3.41. The molecule has 0 unspecified atom stereocenters. The third kappa shape index (κ3) is 4.16. The van der Waals surface area contributed by atoms with Gasteiger partial charge in [0.1, 0.15) is 13.2 Å². The average molecular weight is 469 g/mol. The molecule has 3 rings (SSSR count). The number of hydrogen-bond donors (Lipinski definition) is 1. The lowest BCUT2D eigenvalue weighted by molar-refractivity contribution is 0.102. The summed E-state index contributed by atoms with van der Waals surface area (Å²) in [5.41, 5.74) is 0.884. The first-order chi connectivity index (χ1) is 13.4. The minimum absolute atomic E-state index is 0.160. The number of sulfonamides is 1. The largest absolute Gasteiger partial charge is 0.486 e. The van der Waals surface area contributed by atoms with Gasteiger partial charge in [0.15, 0.2) is 11.5 Å². The molecule has 1 amide bonds. The lowest BCUT2D eigenvalue weighted by Crippen LogP contribution is -2.30. The van der Waals surface area contributed by atoms with Crippen LogP contribution in [0.25, 0.3) is 0 Å². The van der Waals surface area contributed by atoms with Gasteiger partial charge in [-0.1, -0.05) is 13.8 Å². The summed E-state index contributed by atoms with van der Waals surface area (Å²) in [5.74, 6) is 0.816. The molecule has 0 aromatic heterocycles. The Bertz CT molecular complexity index is 973. The van der Waals surface area contributed by atoms with Crippen molar-refractivity contribution in [1.29, 1.82) is 0 Å². The second-order valence-electron chi connectivity index (χ2n) is 6.04. The predicted molar refractivity (Wildman–Crippen MR) is 110 cm³/mol. The summed E-state index contributed by atoms with van der Waals surface area (Å²) in [7, 11) is -3.56. The zero-order valence-electron chi connectivity index (χ0n) is 15.6. The number of benzene rings is 2. The number of rotatable bonds is 6. The highest BCUT2D eigenvalue weighted by molar-refractivity contribution is 9.10. The van der Waals surface area contributed by atoms with E-state index in [0.717, 1.165) is 0 Å². The van der Waals surface area contributed by atoms with Crippen LogP contribution in [0.3, 0.4) is 0 Å². The van der Waals surface area contributed by atoms with Crippen LogP contribution in [0.5, 0.6) is 11.5 Å². The van der Waals surface area contributed by atoms with Crippen molar-refractivity contribution < 1.29 is 22.7 Å². The van der Waals surface area contributed by atoms with Gasteiger partial charge >= 0.3 is 0 Å². The number of nitrogens with zero attached hydrogens (tertiary/aromatic N) is 1. The second kappa shape index (κ2) is 8.50. The Morgan fingerprint density at radius 1 is 1.07 bits per heavy atom. The van der Waals surface area contributed by atoms with E-state index in [-0.39, 0.29) is 10.8 Å². The number of nitrogens with one attached hydrogen (secondary N) is 1. The van der Waals surface area contributed by atoms with Gasteiger partial charge in [0.25, 0.3) is 5.91 Å². The first-order valence-electron chi connectivity index (χ1n) is 8.87. The number of hydrogen-bond acceptors (Lipinski definition) is 5. The Morgan fingerprint density at radius 2 is 1.64 bits per heavy atom. The maximum absolute atomic E-state index is 12.6. The summed E-state index contributed by atoms with van der Waals surface area (Å²) in [4.78, 5) is 12.7. The summed E-state index contributed by atoms with van der Waals surface area (Å²) in [6.45, 7) is 5.28. The average Bonchev–Trinajstić information content (AvgIpc) is 2.69. The fourth-order valence-electron chi connectivity index (χ4n) is 2.85. The number of ether oxygens (including phenoxy) is 2. The highest BCUT2D eigenvalue weighted by atomic mass is 79.9. The molecule has 9 heteroatoms. The van der Waals surface area contributed by atoms with Gasteiger partial charge in [0, 0.05) is 35.3 Å². The first-order valence-corrected chi connectivity index (χ1v) is 11.1. The molecule has 0 aliphatic carbocycles. The van der Waals surface area contributed by atoms with Crippen molar-refractivity contribution in [1.82, 2.24) is 4.31 Å². The number of fused-ring (bicyclic) bond motifs is 1. The van der Waals surface area contributed by atoms with E-state index in [0.29, 0.717) is 53.5 Å². The van der Waals surface area contributed by atoms with Crippen molar-refractivity contribution in [3.63, 3.8) is 0 Å². The second-order valence-corrected chi connectivity index (χ2v) is 8.84. The van der Waals surface area contributed by atoms with Crippen molar-refractivity contribution >= 4 is 37.5 Å². The lowest BCUT2D eigenvalue weighted by Gasteiger charge is -2.20. The third-order valence-corrected chi connectivity index (χ3v) is 7.06. The predicted octanol–water partition coefficient (Wildman–Crippen LogP) is 3.50. The zero-order valence-corrected chi connectivity index (χ0v) is 18.0. The van der Waals surface area contributed by atoms with Crippen LogP contribution < -0.4 is 14.8 Å². The van der Waals surface area contributed by atoms with E-state index in [2.05, 4.69) is 21.2 Å². The lowest BCUT2D eigenvalue weighted by atomic mass is 10.2. The van der Waals surface area contributed by atoms with Crippen molar-refractivity contribution in [2.24, 2.45) is 0 Å². The number of amides is 1. The van der Waals surface area contributed by atoms with Crippen LogP contribution in [0, 0.1) is 0 Å². The SMILES string of the molecule is CCN(CC)S(=O)(=O)c1ccc(C(=O)Nc2cc3c(cc2Br)OCCO3)cc1. The highest BCUT2D eigenvalue weighted by Crippen LogP contribution is 2.38. The van der Waals surface area contributed by atoms with Crippen molar-refractivity contribution in [3.8, 4) is 11.5 Å². The van der Waals surface area contributed by atoms with E-state index in [9.17, 15) is 13.2 Å². The number of halogens is 1. The van der Waals surface area contributed by atoms with Gasteiger partial charge in [-0.15, -0.1) is 0 Å². The van der Waals surface area contributed by atoms with Crippen LogP contribution in [-0.2, 0) is 10.0 Å². The number of carbonyl (C=O) groups is 1. The molecular weight excluding hydrogens is 448 g/mol. The molecule has 0 spiro atoms. The van der Waals surface area contributed by atoms with E-state index >= 15 is 0 Å². The molecule has 1 heterocycles. The molecule has 2 aromatic carbocycles. The van der Waals surface area contributed by atoms with Crippen LogP contribution in [0.15, 0.2) is 45.8 Å². The summed E-state index contributed by atoms with van der Waals surface area (Å²) in [6.07, 6.45) is 0. The molecular formula is C19H21BrN2O5S. The molecule has 1 aliphatic heterocycles. The van der Waals surface area contributed by atoms with E-state index in [4.69, 9.17) is 9.47 Å². The molecule has 0 radical (unpaired) electrons. The van der Waals surface area contributed by atoms with Crippen LogP contribution in [-0.4, -0.2) is 44.9 Å². The zero-order chi connectivity index (χ0) is 20.3. The third-order valence-electron chi connectivity index (χ3n) is 4.34. The standard InChI is InChI=1S/C19H21BrN2O5S/c1-3-22(4-2)28(24,25)14-7-5-13(6-8-14)19(23)21-16-12-18-17(11-15(16)20)26-9-10-27-18/h5-8,11-12H,3-4,9-10H2,1-2H3,(H,21,23). The Kier molecular flexibility index (Phi) is 6.26. The normalized spacial score (nSPS) is 13.4. The van der Waals surface area contributed by atoms with Crippen LogP contribution >= 0.6 is 15.9 Å². The molecule has 0 fully saturated rings. The monoisotopic (exact) mass is 468 g/mol. The van der Waals surface area contributed by atoms with E-state index in [1.165, 1.54) is 28.6 Å². The van der Waals surface area contributed by atoms with Crippen molar-refractivity contribution in [2.75, 3.05) is 31.6 Å². The van der Waals surface area contributed by atoms with Gasteiger partial charge in [-0.3, -0.25) is 4.79 Å². The Balaban J connectivity index is 1.79. The fraction of sp³-hybridized carbons (Fsp3) is 0.316. The van der Waals surface area contributed by atoms with Gasteiger partial charge in [-0.2, -0.15) is 4.31 Å². The first kappa shape index (κ1) is 20.6. The Labute approximate surface area is 172 Å². The fourth-order valence-corrected chi connectivity index (χ4v) is 4.72. The van der Waals surface area contributed by atoms with Gasteiger partial charge in [-0.05, 0) is 40.2 Å². The van der Waals surface area contributed by atoms with Crippen LogP contribution in [0.4, 0.5) is 5.69 Å². The van der Waals surface area contributed by atoms with E-state index in [1.807, 2.05) is 0 Å².